The highest BCUT2D eigenvalue weighted by atomic mass is 35.5. The molecule has 8 heteroatoms. The smallest absolute Gasteiger partial charge is 0.225 e. The number of hydrogen-bond acceptors (Lipinski definition) is 5. The van der Waals surface area contributed by atoms with Crippen LogP contribution in [0.1, 0.15) is 17.8 Å². The van der Waals surface area contributed by atoms with E-state index < -0.39 is 0 Å². The Morgan fingerprint density at radius 3 is 2.57 bits per heavy atom. The number of anilines is 2. The molecule has 0 fully saturated rings. The number of aromatic nitrogens is 3. The molecule has 0 spiro atoms. The van der Waals surface area contributed by atoms with E-state index >= 15 is 0 Å². The van der Waals surface area contributed by atoms with Crippen molar-refractivity contribution in [1.29, 1.82) is 0 Å². The van der Waals surface area contributed by atoms with E-state index in [1.807, 2.05) is 72.2 Å². The van der Waals surface area contributed by atoms with E-state index in [2.05, 4.69) is 45.1 Å². The summed E-state index contributed by atoms with van der Waals surface area (Å²) in [6.07, 6.45) is 0.335. The summed E-state index contributed by atoms with van der Waals surface area (Å²) < 4.78 is 2.04. The lowest BCUT2D eigenvalue weighted by Crippen LogP contribution is -2.13. The van der Waals surface area contributed by atoms with Crippen LogP contribution in [0.2, 0.25) is 5.02 Å². The number of fused-ring (bicyclic) bond motifs is 1. The summed E-state index contributed by atoms with van der Waals surface area (Å²) in [6.45, 7) is 2.45. The van der Waals surface area contributed by atoms with Crippen LogP contribution in [0.5, 0.6) is 0 Å². The van der Waals surface area contributed by atoms with E-state index in [4.69, 9.17) is 11.6 Å². The van der Waals surface area contributed by atoms with Crippen molar-refractivity contribution in [2.75, 3.05) is 16.4 Å². The lowest BCUT2D eigenvalue weighted by Gasteiger charge is -2.13. The molecule has 186 valence electrons. The lowest BCUT2D eigenvalue weighted by atomic mass is 10.1. The molecule has 1 heterocycles. The predicted molar refractivity (Wildman–Crippen MR) is 153 cm³/mol. The van der Waals surface area contributed by atoms with Crippen molar-refractivity contribution in [2.45, 2.75) is 25.0 Å². The first kappa shape index (κ1) is 24.9. The highest BCUT2D eigenvalue weighted by Gasteiger charge is 2.16. The van der Waals surface area contributed by atoms with Crippen LogP contribution >= 0.6 is 23.4 Å². The number of amides is 1. The Balaban J connectivity index is 1.30. The first-order valence-electron chi connectivity index (χ1n) is 12.0. The molecule has 0 unspecified atom stereocenters. The summed E-state index contributed by atoms with van der Waals surface area (Å²) in [7, 11) is 0. The molecule has 4 aromatic carbocycles. The van der Waals surface area contributed by atoms with Crippen LogP contribution in [0.4, 0.5) is 11.4 Å². The normalized spacial score (nSPS) is 11.0. The Hall–Kier alpha value is -3.81. The summed E-state index contributed by atoms with van der Waals surface area (Å²) in [6, 6.07) is 30.0. The third-order valence-electron chi connectivity index (χ3n) is 5.98. The van der Waals surface area contributed by atoms with Crippen LogP contribution in [-0.2, 0) is 11.3 Å². The highest BCUT2D eigenvalue weighted by Crippen LogP contribution is 2.26. The van der Waals surface area contributed by atoms with Crippen molar-refractivity contribution < 1.29 is 4.79 Å². The van der Waals surface area contributed by atoms with E-state index in [0.717, 1.165) is 39.0 Å². The Bertz CT molecular complexity index is 1530. The monoisotopic (exact) mass is 527 g/mol. The molecule has 0 saturated heterocycles. The van der Waals surface area contributed by atoms with Gasteiger partial charge in [0.25, 0.3) is 0 Å². The van der Waals surface area contributed by atoms with Crippen molar-refractivity contribution in [1.82, 2.24) is 14.8 Å². The first-order valence-corrected chi connectivity index (χ1v) is 13.3. The largest absolute Gasteiger partial charge is 0.377 e. The van der Waals surface area contributed by atoms with Crippen LogP contribution in [0, 0.1) is 6.92 Å². The number of carbonyl (C=O) groups is 1. The fourth-order valence-electron chi connectivity index (χ4n) is 4.08. The quantitative estimate of drug-likeness (QED) is 0.200. The van der Waals surface area contributed by atoms with E-state index in [1.54, 1.807) is 6.07 Å². The molecule has 0 bridgehead atoms. The summed E-state index contributed by atoms with van der Waals surface area (Å²) in [4.78, 5) is 12.6. The van der Waals surface area contributed by atoms with Gasteiger partial charge in [0, 0.05) is 39.6 Å². The SMILES string of the molecule is Cc1ccc(Cl)cc1NC(=O)CCSc1nnc(CNc2cccc3ccccc23)n1-c1ccccc1. The Morgan fingerprint density at radius 1 is 0.919 bits per heavy atom. The van der Waals surface area contributed by atoms with Gasteiger partial charge in [-0.1, -0.05) is 84.0 Å². The predicted octanol–water partition coefficient (Wildman–Crippen LogP) is 7.12. The molecule has 1 aromatic heterocycles. The van der Waals surface area contributed by atoms with Crippen LogP contribution < -0.4 is 10.6 Å². The van der Waals surface area contributed by atoms with Gasteiger partial charge in [-0.2, -0.15) is 0 Å². The topological polar surface area (TPSA) is 71.8 Å². The third kappa shape index (κ3) is 5.96. The van der Waals surface area contributed by atoms with Gasteiger partial charge >= 0.3 is 0 Å². The molecule has 0 aliphatic carbocycles. The molecule has 6 nitrogen and oxygen atoms in total. The number of hydrogen-bond donors (Lipinski definition) is 2. The fourth-order valence-corrected chi connectivity index (χ4v) is 5.16. The maximum Gasteiger partial charge on any atom is 0.225 e. The molecule has 0 aliphatic heterocycles. The van der Waals surface area contributed by atoms with Crippen LogP contribution in [-0.4, -0.2) is 26.4 Å². The zero-order valence-electron chi connectivity index (χ0n) is 20.3. The van der Waals surface area contributed by atoms with E-state index in [-0.39, 0.29) is 5.91 Å². The second-order valence-corrected chi connectivity index (χ2v) is 10.1. The summed E-state index contributed by atoms with van der Waals surface area (Å²) in [5.41, 5.74) is 3.72. The van der Waals surface area contributed by atoms with Crippen molar-refractivity contribution in [2.24, 2.45) is 0 Å². The van der Waals surface area contributed by atoms with Crippen molar-refractivity contribution in [3.05, 3.63) is 107 Å². The molecule has 0 aliphatic rings. The molecule has 0 radical (unpaired) electrons. The minimum Gasteiger partial charge on any atom is -0.377 e. The van der Waals surface area contributed by atoms with Gasteiger partial charge in [-0.15, -0.1) is 10.2 Å². The van der Waals surface area contributed by atoms with E-state index in [9.17, 15) is 4.79 Å². The van der Waals surface area contributed by atoms with Crippen LogP contribution in [0.3, 0.4) is 0 Å². The van der Waals surface area contributed by atoms with Gasteiger partial charge in [0.1, 0.15) is 0 Å². The van der Waals surface area contributed by atoms with Gasteiger partial charge in [-0.05, 0) is 48.2 Å². The maximum absolute atomic E-state index is 12.6. The van der Waals surface area contributed by atoms with E-state index in [1.165, 1.54) is 17.1 Å². The average molecular weight is 528 g/mol. The Kier molecular flexibility index (Phi) is 7.73. The van der Waals surface area contributed by atoms with Crippen molar-refractivity contribution >= 4 is 51.4 Å². The molecule has 5 rings (SSSR count). The molecule has 0 atom stereocenters. The standard InChI is InChI=1S/C29H26ClN5OS/c1-20-14-15-22(30)18-26(20)32-28(36)16-17-37-29-34-33-27(35(29)23-10-3-2-4-11-23)19-31-25-13-7-9-21-8-5-6-12-24(21)25/h2-15,18,31H,16-17,19H2,1H3,(H,32,36). The molecule has 5 aromatic rings. The molecule has 0 saturated carbocycles. The number of benzene rings is 4. The fraction of sp³-hybridized carbons (Fsp3) is 0.138. The minimum atomic E-state index is -0.0681. The van der Waals surface area contributed by atoms with E-state index in [0.29, 0.717) is 23.7 Å². The molecular weight excluding hydrogens is 502 g/mol. The summed E-state index contributed by atoms with van der Waals surface area (Å²) in [5.74, 6) is 1.29. The first-order chi connectivity index (χ1) is 18.1. The summed E-state index contributed by atoms with van der Waals surface area (Å²) in [5, 5.41) is 19.1. The number of nitrogens with zero attached hydrogens (tertiary/aromatic N) is 3. The Labute approximate surface area is 225 Å². The number of halogens is 1. The van der Waals surface area contributed by atoms with Gasteiger partial charge in [-0.3, -0.25) is 9.36 Å². The van der Waals surface area contributed by atoms with Crippen molar-refractivity contribution in [3.63, 3.8) is 0 Å². The molecule has 2 N–H and O–H groups in total. The number of rotatable bonds is 9. The molecule has 1 amide bonds. The molecule has 37 heavy (non-hydrogen) atoms. The van der Waals surface area contributed by atoms with Crippen LogP contribution in [0.15, 0.2) is 96.2 Å². The average Bonchev–Trinajstić information content (AvgIpc) is 3.32. The zero-order valence-corrected chi connectivity index (χ0v) is 21.9. The highest BCUT2D eigenvalue weighted by molar-refractivity contribution is 7.99. The second-order valence-electron chi connectivity index (χ2n) is 8.56. The van der Waals surface area contributed by atoms with Crippen molar-refractivity contribution in [3.8, 4) is 5.69 Å². The number of para-hydroxylation sites is 1. The number of carbonyl (C=O) groups excluding carboxylic acids is 1. The van der Waals surface area contributed by atoms with Gasteiger partial charge in [0.15, 0.2) is 11.0 Å². The Morgan fingerprint density at radius 2 is 1.70 bits per heavy atom. The number of aryl methyl sites for hydroxylation is 1. The second kappa shape index (κ2) is 11.5. The van der Waals surface area contributed by atoms with Gasteiger partial charge in [0.2, 0.25) is 5.91 Å². The minimum absolute atomic E-state index is 0.0681. The van der Waals surface area contributed by atoms with Gasteiger partial charge in [0.05, 0.1) is 6.54 Å². The van der Waals surface area contributed by atoms with Crippen LogP contribution in [0.25, 0.3) is 16.5 Å². The summed E-state index contributed by atoms with van der Waals surface area (Å²) >= 11 is 7.59. The lowest BCUT2D eigenvalue weighted by molar-refractivity contribution is -0.115. The van der Waals surface area contributed by atoms with Gasteiger partial charge in [-0.25, -0.2) is 0 Å². The number of nitrogens with one attached hydrogen (secondary N) is 2. The maximum atomic E-state index is 12.6. The van der Waals surface area contributed by atoms with Gasteiger partial charge < -0.3 is 10.6 Å². The third-order valence-corrected chi connectivity index (χ3v) is 7.14. The zero-order chi connectivity index (χ0) is 25.6. The number of thioether (sulfide) groups is 1. The molecular formula is C29H26ClN5OS.